The summed E-state index contributed by atoms with van der Waals surface area (Å²) in [7, 11) is 0. The molecule has 0 spiro atoms. The zero-order chi connectivity index (χ0) is 14.8. The number of hydrogen-bond donors (Lipinski definition) is 1. The van der Waals surface area contributed by atoms with E-state index in [2.05, 4.69) is 20.2 Å². The lowest BCUT2D eigenvalue weighted by Crippen LogP contribution is -1.88. The fraction of sp³-hybridized carbons (Fsp3) is 0.125. The summed E-state index contributed by atoms with van der Waals surface area (Å²) >= 11 is 0. The van der Waals surface area contributed by atoms with E-state index in [1.807, 2.05) is 50.2 Å². The molecule has 0 aliphatic rings. The Bertz CT molecular complexity index is 823. The van der Waals surface area contributed by atoms with Crippen molar-refractivity contribution in [1.29, 1.82) is 0 Å². The van der Waals surface area contributed by atoms with E-state index in [-0.39, 0.29) is 5.75 Å². The molecule has 104 valence electrons. The predicted octanol–water partition coefficient (Wildman–Crippen LogP) is 4.37. The topological polar surface area (TPSA) is 70.7 Å². The van der Waals surface area contributed by atoms with E-state index in [1.54, 1.807) is 6.07 Å². The van der Waals surface area contributed by atoms with Gasteiger partial charge in [-0.2, -0.15) is 0 Å². The summed E-state index contributed by atoms with van der Waals surface area (Å²) in [6.45, 7) is 3.76. The van der Waals surface area contributed by atoms with Gasteiger partial charge in [0.25, 0.3) is 5.95 Å². The quantitative estimate of drug-likeness (QED) is 0.707. The van der Waals surface area contributed by atoms with Crippen LogP contribution in [0.5, 0.6) is 5.75 Å². The summed E-state index contributed by atoms with van der Waals surface area (Å²) in [5.41, 5.74) is 2.09. The molecular formula is C16H14N4O. The van der Waals surface area contributed by atoms with Gasteiger partial charge in [0, 0.05) is 16.8 Å². The van der Waals surface area contributed by atoms with Gasteiger partial charge in [-0.25, -0.2) is 9.97 Å². The summed E-state index contributed by atoms with van der Waals surface area (Å²) in [4.78, 5) is 8.41. The maximum atomic E-state index is 10.0. The molecule has 1 aromatic heterocycles. The number of nitrogens with zero attached hydrogens (tertiary/aromatic N) is 4. The minimum atomic E-state index is 0.0850. The molecule has 0 atom stereocenters. The Balaban J connectivity index is 2.08. The molecule has 0 saturated heterocycles. The molecule has 3 rings (SSSR count). The van der Waals surface area contributed by atoms with Gasteiger partial charge < -0.3 is 5.11 Å². The smallest absolute Gasteiger partial charge is 0.269 e. The van der Waals surface area contributed by atoms with Crippen molar-refractivity contribution in [3.05, 3.63) is 53.9 Å². The standard InChI is InChI=1S/C16H14N4O/c1-10-9-11(2)18-16(17-10)20-19-15-13-6-4-3-5-12(13)7-8-14(15)21/h3-9,21H,1-2H3. The highest BCUT2D eigenvalue weighted by Crippen LogP contribution is 2.35. The van der Waals surface area contributed by atoms with Crippen molar-refractivity contribution in [3.8, 4) is 5.75 Å². The van der Waals surface area contributed by atoms with Gasteiger partial charge in [-0.1, -0.05) is 30.3 Å². The van der Waals surface area contributed by atoms with Crippen molar-refractivity contribution in [2.75, 3.05) is 0 Å². The van der Waals surface area contributed by atoms with E-state index < -0.39 is 0 Å². The Labute approximate surface area is 122 Å². The number of hydrogen-bond acceptors (Lipinski definition) is 5. The van der Waals surface area contributed by atoms with E-state index in [1.165, 1.54) is 0 Å². The molecule has 0 aliphatic heterocycles. The molecule has 0 bridgehead atoms. The third-order valence-electron chi connectivity index (χ3n) is 3.09. The van der Waals surface area contributed by atoms with Gasteiger partial charge in [0.15, 0.2) is 0 Å². The molecule has 0 unspecified atom stereocenters. The second kappa shape index (κ2) is 5.28. The van der Waals surface area contributed by atoms with E-state index in [0.29, 0.717) is 11.6 Å². The molecule has 0 fully saturated rings. The number of aryl methyl sites for hydroxylation is 2. The van der Waals surface area contributed by atoms with Crippen LogP contribution in [0.4, 0.5) is 11.6 Å². The Morgan fingerprint density at radius 3 is 2.38 bits per heavy atom. The first-order valence-corrected chi connectivity index (χ1v) is 6.58. The molecule has 0 aliphatic carbocycles. The fourth-order valence-electron chi connectivity index (χ4n) is 2.20. The van der Waals surface area contributed by atoms with Crippen molar-refractivity contribution < 1.29 is 5.11 Å². The third kappa shape index (κ3) is 2.72. The number of azo groups is 1. The van der Waals surface area contributed by atoms with Gasteiger partial charge in [0.05, 0.1) is 0 Å². The van der Waals surface area contributed by atoms with Crippen molar-refractivity contribution in [2.24, 2.45) is 10.2 Å². The molecule has 0 amide bonds. The maximum absolute atomic E-state index is 10.0. The SMILES string of the molecule is Cc1cc(C)nc(N=Nc2c(O)ccc3ccccc23)n1. The van der Waals surface area contributed by atoms with Crippen LogP contribution < -0.4 is 0 Å². The lowest BCUT2D eigenvalue weighted by atomic mass is 10.1. The number of fused-ring (bicyclic) bond motifs is 1. The summed E-state index contributed by atoms with van der Waals surface area (Å²) in [5, 5.41) is 20.0. The van der Waals surface area contributed by atoms with Gasteiger partial charge in [-0.15, -0.1) is 10.2 Å². The van der Waals surface area contributed by atoms with E-state index in [9.17, 15) is 5.11 Å². The average Bonchev–Trinajstić information content (AvgIpc) is 2.45. The number of phenolic OH excluding ortho intramolecular Hbond substituents is 1. The van der Waals surface area contributed by atoms with Crippen LogP contribution in [-0.4, -0.2) is 15.1 Å². The summed E-state index contributed by atoms with van der Waals surface area (Å²) < 4.78 is 0. The van der Waals surface area contributed by atoms with Gasteiger partial charge >= 0.3 is 0 Å². The summed E-state index contributed by atoms with van der Waals surface area (Å²) in [6.07, 6.45) is 0. The van der Waals surface area contributed by atoms with Gasteiger partial charge in [0.2, 0.25) is 0 Å². The number of aromatic hydroxyl groups is 1. The Morgan fingerprint density at radius 2 is 1.62 bits per heavy atom. The minimum Gasteiger partial charge on any atom is -0.506 e. The van der Waals surface area contributed by atoms with Crippen LogP contribution >= 0.6 is 0 Å². The number of phenols is 1. The highest BCUT2D eigenvalue weighted by molar-refractivity contribution is 5.95. The Hall–Kier alpha value is -2.82. The molecular weight excluding hydrogens is 264 g/mol. The summed E-state index contributed by atoms with van der Waals surface area (Å²) in [5.74, 6) is 0.377. The first-order chi connectivity index (χ1) is 10.1. The zero-order valence-electron chi connectivity index (χ0n) is 11.8. The van der Waals surface area contributed by atoms with Crippen LogP contribution in [0.1, 0.15) is 11.4 Å². The number of benzene rings is 2. The molecule has 2 aromatic carbocycles. The molecule has 0 saturated carbocycles. The molecule has 5 nitrogen and oxygen atoms in total. The van der Waals surface area contributed by atoms with Crippen molar-refractivity contribution in [3.63, 3.8) is 0 Å². The highest BCUT2D eigenvalue weighted by atomic mass is 16.3. The largest absolute Gasteiger partial charge is 0.506 e. The van der Waals surface area contributed by atoms with Crippen molar-refractivity contribution in [1.82, 2.24) is 9.97 Å². The third-order valence-corrected chi connectivity index (χ3v) is 3.09. The van der Waals surface area contributed by atoms with Crippen LogP contribution in [0.15, 0.2) is 52.7 Å². The van der Waals surface area contributed by atoms with E-state index >= 15 is 0 Å². The Morgan fingerprint density at radius 1 is 0.905 bits per heavy atom. The van der Waals surface area contributed by atoms with Crippen LogP contribution in [0, 0.1) is 13.8 Å². The molecule has 1 N–H and O–H groups in total. The predicted molar refractivity (Wildman–Crippen MR) is 81.3 cm³/mol. The average molecular weight is 278 g/mol. The van der Waals surface area contributed by atoms with Crippen LogP contribution in [-0.2, 0) is 0 Å². The van der Waals surface area contributed by atoms with Crippen LogP contribution in [0.25, 0.3) is 10.8 Å². The monoisotopic (exact) mass is 278 g/mol. The molecule has 5 heteroatoms. The highest BCUT2D eigenvalue weighted by Gasteiger charge is 2.06. The van der Waals surface area contributed by atoms with Crippen molar-refractivity contribution in [2.45, 2.75) is 13.8 Å². The van der Waals surface area contributed by atoms with Gasteiger partial charge in [0.1, 0.15) is 11.4 Å². The maximum Gasteiger partial charge on any atom is 0.269 e. The second-order valence-corrected chi connectivity index (χ2v) is 4.81. The molecule has 21 heavy (non-hydrogen) atoms. The van der Waals surface area contributed by atoms with Crippen molar-refractivity contribution >= 4 is 22.4 Å². The lowest BCUT2D eigenvalue weighted by molar-refractivity contribution is 0.477. The molecule has 3 aromatic rings. The number of aromatic nitrogens is 2. The first-order valence-electron chi connectivity index (χ1n) is 6.58. The van der Waals surface area contributed by atoms with E-state index in [4.69, 9.17) is 0 Å². The second-order valence-electron chi connectivity index (χ2n) is 4.81. The normalized spacial score (nSPS) is 11.3. The van der Waals surface area contributed by atoms with Crippen LogP contribution in [0.3, 0.4) is 0 Å². The van der Waals surface area contributed by atoms with Gasteiger partial charge in [-0.3, -0.25) is 0 Å². The minimum absolute atomic E-state index is 0.0850. The lowest BCUT2D eigenvalue weighted by Gasteiger charge is -2.03. The molecule has 1 heterocycles. The summed E-state index contributed by atoms with van der Waals surface area (Å²) in [6, 6.07) is 13.0. The molecule has 0 radical (unpaired) electrons. The Kier molecular flexibility index (Phi) is 3.31. The van der Waals surface area contributed by atoms with Crippen LogP contribution in [0.2, 0.25) is 0 Å². The fourth-order valence-corrected chi connectivity index (χ4v) is 2.20. The number of rotatable bonds is 2. The van der Waals surface area contributed by atoms with Gasteiger partial charge in [-0.05, 0) is 31.4 Å². The first kappa shape index (κ1) is 13.2. The van der Waals surface area contributed by atoms with E-state index in [0.717, 1.165) is 22.2 Å². The zero-order valence-corrected chi connectivity index (χ0v) is 11.8.